The highest BCUT2D eigenvalue weighted by molar-refractivity contribution is 7.92. The van der Waals surface area contributed by atoms with Crippen molar-refractivity contribution in [2.75, 3.05) is 18.4 Å². The summed E-state index contributed by atoms with van der Waals surface area (Å²) in [5.74, 6) is -0.963. The molecule has 1 aliphatic heterocycles. The molecule has 0 aliphatic carbocycles. The summed E-state index contributed by atoms with van der Waals surface area (Å²) in [4.78, 5) is 17.2. The lowest BCUT2D eigenvalue weighted by Gasteiger charge is -2.37. The molecule has 0 bridgehead atoms. The lowest BCUT2D eigenvalue weighted by Crippen LogP contribution is -2.48. The van der Waals surface area contributed by atoms with Gasteiger partial charge in [-0.1, -0.05) is 0 Å². The Morgan fingerprint density at radius 2 is 1.97 bits per heavy atom. The van der Waals surface area contributed by atoms with Crippen molar-refractivity contribution in [2.24, 2.45) is 13.0 Å². The molecule has 1 atom stereocenters. The van der Waals surface area contributed by atoms with Crippen LogP contribution in [0.15, 0.2) is 29.4 Å². The van der Waals surface area contributed by atoms with E-state index in [1.165, 1.54) is 11.9 Å². The van der Waals surface area contributed by atoms with E-state index in [2.05, 4.69) is 15.4 Å². The zero-order valence-electron chi connectivity index (χ0n) is 17.3. The third-order valence-corrected chi connectivity index (χ3v) is 7.78. The first-order valence-electron chi connectivity index (χ1n) is 9.67. The predicted octanol–water partition coefficient (Wildman–Crippen LogP) is 3.46. The van der Waals surface area contributed by atoms with E-state index in [9.17, 15) is 22.0 Å². The summed E-state index contributed by atoms with van der Waals surface area (Å²) in [6.07, 6.45) is -0.556. The SMILES string of the molecule is Cc1cc(NC(=O)N2CCC(C(C)(F)S(=O)(=O)c3cn(C)nc3C(F)F)CC2)ccn1. The van der Waals surface area contributed by atoms with Crippen molar-refractivity contribution in [3.05, 3.63) is 35.9 Å². The van der Waals surface area contributed by atoms with Gasteiger partial charge in [0, 0.05) is 49.8 Å². The van der Waals surface area contributed by atoms with E-state index in [1.807, 2.05) is 0 Å². The summed E-state index contributed by atoms with van der Waals surface area (Å²) in [5, 5.41) is 3.41. The lowest BCUT2D eigenvalue weighted by molar-refractivity contribution is 0.116. The number of amides is 2. The minimum Gasteiger partial charge on any atom is -0.325 e. The number of halogens is 3. The number of carbonyl (C=O) groups is 1. The van der Waals surface area contributed by atoms with E-state index in [4.69, 9.17) is 0 Å². The summed E-state index contributed by atoms with van der Waals surface area (Å²) in [6, 6.07) is 2.95. The largest absolute Gasteiger partial charge is 0.325 e. The molecule has 0 aromatic carbocycles. The molecule has 1 fully saturated rings. The normalized spacial score (nSPS) is 17.6. The molecule has 1 aliphatic rings. The number of alkyl halides is 3. The lowest BCUT2D eigenvalue weighted by atomic mass is 9.92. The number of pyridine rings is 1. The van der Waals surface area contributed by atoms with Gasteiger partial charge in [-0.05, 0) is 38.8 Å². The first-order valence-corrected chi connectivity index (χ1v) is 11.2. The number of carbonyl (C=O) groups excluding carboxylic acids is 1. The molecular weight excluding hydrogens is 435 g/mol. The maximum Gasteiger partial charge on any atom is 0.321 e. The Kier molecular flexibility index (Phi) is 6.30. The van der Waals surface area contributed by atoms with E-state index < -0.39 is 37.8 Å². The van der Waals surface area contributed by atoms with Gasteiger partial charge >= 0.3 is 6.03 Å². The van der Waals surface area contributed by atoms with Gasteiger partial charge in [-0.25, -0.2) is 26.4 Å². The van der Waals surface area contributed by atoms with E-state index in [1.54, 1.807) is 25.3 Å². The molecular formula is C19H24F3N5O3S. The standard InChI is InChI=1S/C19H24F3N5O3S/c1-12-10-14(4-7-23-12)24-18(28)27-8-5-13(6-9-27)19(2,22)31(29,30)15-11-26(3)25-16(15)17(20)21/h4,7,10-11,13,17H,5-6,8-9H2,1-3H3,(H,23,24,28). The molecule has 1 saturated heterocycles. The number of hydrogen-bond donors (Lipinski definition) is 1. The third kappa shape index (κ3) is 4.53. The number of rotatable bonds is 5. The van der Waals surface area contributed by atoms with E-state index in [-0.39, 0.29) is 32.0 Å². The van der Waals surface area contributed by atoms with E-state index in [0.717, 1.165) is 23.5 Å². The van der Waals surface area contributed by atoms with Crippen LogP contribution in [0.25, 0.3) is 0 Å². The second-order valence-electron chi connectivity index (χ2n) is 7.72. The summed E-state index contributed by atoms with van der Waals surface area (Å²) in [6.45, 7) is 2.94. The Morgan fingerprint density at radius 3 is 2.55 bits per heavy atom. The number of hydrogen-bond acceptors (Lipinski definition) is 5. The van der Waals surface area contributed by atoms with Gasteiger partial charge in [0.2, 0.25) is 14.8 Å². The van der Waals surface area contributed by atoms with Crippen LogP contribution < -0.4 is 5.32 Å². The number of anilines is 1. The molecule has 2 aromatic rings. The number of urea groups is 1. The van der Waals surface area contributed by atoms with Crippen molar-refractivity contribution in [1.29, 1.82) is 0 Å². The molecule has 0 saturated carbocycles. The molecule has 12 heteroatoms. The number of likely N-dealkylation sites (tertiary alicyclic amines) is 1. The maximum atomic E-state index is 15.6. The molecule has 2 amide bonds. The topological polar surface area (TPSA) is 97.2 Å². The van der Waals surface area contributed by atoms with Gasteiger partial charge in [0.05, 0.1) is 0 Å². The van der Waals surface area contributed by atoms with Crippen molar-refractivity contribution < 1.29 is 26.4 Å². The van der Waals surface area contributed by atoms with Crippen LogP contribution in [0, 0.1) is 12.8 Å². The average Bonchev–Trinajstić information content (AvgIpc) is 3.11. The minimum atomic E-state index is -4.74. The van der Waals surface area contributed by atoms with Gasteiger partial charge < -0.3 is 10.2 Å². The van der Waals surface area contributed by atoms with Gasteiger partial charge in [0.1, 0.15) is 10.6 Å². The summed E-state index contributed by atoms with van der Waals surface area (Å²) in [7, 11) is -3.45. The number of nitrogens with one attached hydrogen (secondary N) is 1. The summed E-state index contributed by atoms with van der Waals surface area (Å²) < 4.78 is 68.8. The molecule has 31 heavy (non-hydrogen) atoms. The Balaban J connectivity index is 1.71. The van der Waals surface area contributed by atoms with Gasteiger partial charge in [-0.2, -0.15) is 5.10 Å². The molecule has 1 unspecified atom stereocenters. The molecule has 3 heterocycles. The number of sulfone groups is 1. The quantitative estimate of drug-likeness (QED) is 0.739. The van der Waals surface area contributed by atoms with Crippen molar-refractivity contribution >= 4 is 21.6 Å². The number of piperidine rings is 1. The number of aryl methyl sites for hydroxylation is 2. The van der Waals surface area contributed by atoms with Crippen LogP contribution in [0.4, 0.5) is 23.7 Å². The van der Waals surface area contributed by atoms with Gasteiger partial charge in [0.25, 0.3) is 6.43 Å². The van der Waals surface area contributed by atoms with Crippen LogP contribution in [-0.4, -0.2) is 52.2 Å². The Hall–Kier alpha value is -2.63. The highest BCUT2D eigenvalue weighted by atomic mass is 32.2. The maximum absolute atomic E-state index is 15.6. The monoisotopic (exact) mass is 459 g/mol. The zero-order chi connectivity index (χ0) is 23.0. The molecule has 0 radical (unpaired) electrons. The van der Waals surface area contributed by atoms with Crippen LogP contribution in [0.2, 0.25) is 0 Å². The fourth-order valence-corrected chi connectivity index (χ4v) is 5.50. The Bertz CT molecular complexity index is 1060. The summed E-state index contributed by atoms with van der Waals surface area (Å²) in [5.41, 5.74) is 0.331. The molecule has 2 aromatic heterocycles. The first kappa shape index (κ1) is 23.0. The highest BCUT2D eigenvalue weighted by Gasteiger charge is 2.50. The smallest absolute Gasteiger partial charge is 0.321 e. The van der Waals surface area contributed by atoms with Crippen molar-refractivity contribution in [2.45, 2.75) is 43.0 Å². The van der Waals surface area contributed by atoms with Gasteiger partial charge in [-0.15, -0.1) is 0 Å². The highest BCUT2D eigenvalue weighted by Crippen LogP contribution is 2.41. The predicted molar refractivity (Wildman–Crippen MR) is 107 cm³/mol. The van der Waals surface area contributed by atoms with Crippen LogP contribution in [0.5, 0.6) is 0 Å². The van der Waals surface area contributed by atoms with Crippen LogP contribution in [-0.2, 0) is 16.9 Å². The minimum absolute atomic E-state index is 0.0687. The van der Waals surface area contributed by atoms with Crippen molar-refractivity contribution in [3.8, 4) is 0 Å². The van der Waals surface area contributed by atoms with Crippen molar-refractivity contribution in [1.82, 2.24) is 19.7 Å². The Labute approximate surface area is 178 Å². The van der Waals surface area contributed by atoms with E-state index in [0.29, 0.717) is 5.69 Å². The van der Waals surface area contributed by atoms with Crippen molar-refractivity contribution in [3.63, 3.8) is 0 Å². The first-order chi connectivity index (χ1) is 14.4. The third-order valence-electron chi connectivity index (χ3n) is 5.50. The second kappa shape index (κ2) is 8.48. The molecule has 170 valence electrons. The molecule has 3 rings (SSSR count). The van der Waals surface area contributed by atoms with Crippen LogP contribution in [0.3, 0.4) is 0 Å². The molecule has 8 nitrogen and oxygen atoms in total. The van der Waals surface area contributed by atoms with Gasteiger partial charge in [0.15, 0.2) is 0 Å². The average molecular weight is 459 g/mol. The number of nitrogens with zero attached hydrogens (tertiary/aromatic N) is 4. The second-order valence-corrected chi connectivity index (χ2v) is 9.96. The Morgan fingerprint density at radius 1 is 1.32 bits per heavy atom. The van der Waals surface area contributed by atoms with Gasteiger partial charge in [-0.3, -0.25) is 9.67 Å². The summed E-state index contributed by atoms with van der Waals surface area (Å²) >= 11 is 0. The molecule has 0 spiro atoms. The van der Waals surface area contributed by atoms with Crippen LogP contribution >= 0.6 is 0 Å². The van der Waals surface area contributed by atoms with E-state index >= 15 is 4.39 Å². The zero-order valence-corrected chi connectivity index (χ0v) is 18.2. The fraction of sp³-hybridized carbons (Fsp3) is 0.526. The number of aromatic nitrogens is 3. The molecule has 1 N–H and O–H groups in total. The van der Waals surface area contributed by atoms with Crippen LogP contribution in [0.1, 0.15) is 37.6 Å². The fourth-order valence-electron chi connectivity index (χ4n) is 3.70.